The molecule has 0 bridgehead atoms. The Hall–Kier alpha value is -3.11. The molecule has 2 aliphatic carbocycles. The summed E-state index contributed by atoms with van der Waals surface area (Å²) in [6.07, 6.45) is 5.97. The topological polar surface area (TPSA) is 66.8 Å². The van der Waals surface area contributed by atoms with E-state index in [4.69, 9.17) is 4.74 Å². The van der Waals surface area contributed by atoms with Gasteiger partial charge in [-0.3, -0.25) is 0 Å². The summed E-state index contributed by atoms with van der Waals surface area (Å²) in [5.74, 6) is 0.198. The fraction of sp³-hybridized carbons (Fsp3) is 0.367. The molecule has 3 atom stereocenters. The van der Waals surface area contributed by atoms with Crippen molar-refractivity contribution in [2.75, 3.05) is 6.61 Å². The van der Waals surface area contributed by atoms with E-state index >= 15 is 0 Å². The van der Waals surface area contributed by atoms with Gasteiger partial charge >= 0.3 is 5.97 Å². The van der Waals surface area contributed by atoms with E-state index in [0.717, 1.165) is 43.4 Å². The van der Waals surface area contributed by atoms with E-state index in [-0.39, 0.29) is 5.41 Å². The Balaban J connectivity index is 1.49. The third-order valence-electron chi connectivity index (χ3n) is 7.94. The number of carbonyl (C=O) groups is 1. The second-order valence-electron chi connectivity index (χ2n) is 10.1. The van der Waals surface area contributed by atoms with Gasteiger partial charge in [-0.15, -0.1) is 0 Å². The third kappa shape index (κ3) is 4.47. The molecule has 3 aromatic carbocycles. The molecule has 4 heteroatoms. The number of hydrogen-bond donors (Lipinski definition) is 2. The molecule has 34 heavy (non-hydrogen) atoms. The summed E-state index contributed by atoms with van der Waals surface area (Å²) in [4.78, 5) is 11.7. The molecule has 0 heterocycles. The van der Waals surface area contributed by atoms with Crippen molar-refractivity contribution in [3.8, 4) is 5.75 Å². The molecule has 4 nitrogen and oxygen atoms in total. The van der Waals surface area contributed by atoms with Crippen molar-refractivity contribution in [2.45, 2.75) is 56.0 Å². The Morgan fingerprint density at radius 2 is 1.71 bits per heavy atom. The van der Waals surface area contributed by atoms with E-state index in [2.05, 4.69) is 30.3 Å². The number of para-hydroxylation sites is 1. The van der Waals surface area contributed by atoms with Gasteiger partial charge in [0.2, 0.25) is 0 Å². The molecule has 0 unspecified atom stereocenters. The van der Waals surface area contributed by atoms with Gasteiger partial charge in [0, 0.05) is 5.41 Å². The van der Waals surface area contributed by atoms with Crippen LogP contribution in [0.3, 0.4) is 0 Å². The first-order valence-electron chi connectivity index (χ1n) is 12.3. The number of aliphatic hydroxyl groups is 1. The number of benzene rings is 3. The predicted molar refractivity (Wildman–Crippen MR) is 132 cm³/mol. The first kappa shape index (κ1) is 22.7. The molecule has 1 fully saturated rings. The molecule has 0 saturated heterocycles. The molecule has 2 N–H and O–H groups in total. The first-order chi connectivity index (χ1) is 16.5. The Bertz CT molecular complexity index is 1140. The van der Waals surface area contributed by atoms with Gasteiger partial charge in [0.1, 0.15) is 12.4 Å². The molecule has 5 rings (SSSR count). The molecule has 0 radical (unpaired) electrons. The Kier molecular flexibility index (Phi) is 6.18. The zero-order chi connectivity index (χ0) is 23.6. The van der Waals surface area contributed by atoms with Crippen LogP contribution >= 0.6 is 0 Å². The average molecular weight is 457 g/mol. The van der Waals surface area contributed by atoms with Crippen LogP contribution in [0.5, 0.6) is 5.75 Å². The van der Waals surface area contributed by atoms with Gasteiger partial charge in [-0.05, 0) is 91.8 Å². The Morgan fingerprint density at radius 1 is 0.971 bits per heavy atom. The highest BCUT2D eigenvalue weighted by Crippen LogP contribution is 2.53. The fourth-order valence-corrected chi connectivity index (χ4v) is 6.26. The lowest BCUT2D eigenvalue weighted by atomic mass is 9.56. The normalized spacial score (nSPS) is 26.1. The summed E-state index contributed by atoms with van der Waals surface area (Å²) in [5, 5.41) is 21.2. The molecule has 0 amide bonds. The Morgan fingerprint density at radius 3 is 2.44 bits per heavy atom. The monoisotopic (exact) mass is 456 g/mol. The van der Waals surface area contributed by atoms with Gasteiger partial charge in [0.05, 0.1) is 11.2 Å². The number of carboxylic acid groups (broad SMARTS) is 1. The van der Waals surface area contributed by atoms with Gasteiger partial charge in [-0.2, -0.15) is 0 Å². The molecule has 0 spiro atoms. The quantitative estimate of drug-likeness (QED) is 0.491. The molecule has 2 aliphatic rings. The highest BCUT2D eigenvalue weighted by atomic mass is 16.5. The van der Waals surface area contributed by atoms with Crippen molar-refractivity contribution in [2.24, 2.45) is 5.92 Å². The largest absolute Gasteiger partial charge is 0.491 e. The van der Waals surface area contributed by atoms with E-state index < -0.39 is 11.6 Å². The highest BCUT2D eigenvalue weighted by Gasteiger charge is 2.51. The van der Waals surface area contributed by atoms with Crippen LogP contribution in [0.4, 0.5) is 0 Å². The standard InChI is InChI=1S/C30H32O4/c31-28(32)24-14-15-27-23(18-24)10-7-11-25-20-29(33,21-34-26-12-5-2-6-13-26)16-17-30(25,27)19-22-8-3-1-4-9-22/h1-6,8-9,12-15,18,25,33H,7,10-11,16-17,19-21H2,(H,31,32)/t25-,29+,30-/m1/s1. The van der Waals surface area contributed by atoms with Crippen LogP contribution in [0, 0.1) is 5.92 Å². The first-order valence-corrected chi connectivity index (χ1v) is 12.3. The molecule has 1 saturated carbocycles. The van der Waals surface area contributed by atoms with Gasteiger partial charge in [0.15, 0.2) is 0 Å². The third-order valence-corrected chi connectivity index (χ3v) is 7.94. The number of aromatic carboxylic acids is 1. The number of fused-ring (bicyclic) bond motifs is 3. The summed E-state index contributed by atoms with van der Waals surface area (Å²) >= 11 is 0. The molecule has 3 aromatic rings. The van der Waals surface area contributed by atoms with E-state index in [1.807, 2.05) is 42.5 Å². The second-order valence-corrected chi connectivity index (χ2v) is 10.1. The van der Waals surface area contributed by atoms with Crippen LogP contribution in [0.1, 0.15) is 59.2 Å². The average Bonchev–Trinajstić information content (AvgIpc) is 3.00. The van der Waals surface area contributed by atoms with Crippen LogP contribution < -0.4 is 4.74 Å². The Labute approximate surface area is 201 Å². The van der Waals surface area contributed by atoms with Crippen LogP contribution in [0.25, 0.3) is 0 Å². The zero-order valence-electron chi connectivity index (χ0n) is 19.5. The van der Waals surface area contributed by atoms with E-state index in [1.54, 1.807) is 6.07 Å². The maximum absolute atomic E-state index is 11.7. The number of carboxylic acids is 1. The number of aryl methyl sites for hydroxylation is 1. The summed E-state index contributed by atoms with van der Waals surface area (Å²) in [7, 11) is 0. The van der Waals surface area contributed by atoms with Crippen LogP contribution in [-0.4, -0.2) is 28.4 Å². The fourth-order valence-electron chi connectivity index (χ4n) is 6.26. The van der Waals surface area contributed by atoms with Crippen molar-refractivity contribution in [1.82, 2.24) is 0 Å². The molecule has 0 aromatic heterocycles. The van der Waals surface area contributed by atoms with Crippen molar-refractivity contribution in [3.63, 3.8) is 0 Å². The lowest BCUT2D eigenvalue weighted by molar-refractivity contribution is -0.0740. The van der Waals surface area contributed by atoms with Crippen molar-refractivity contribution >= 4 is 5.97 Å². The lowest BCUT2D eigenvalue weighted by Gasteiger charge is -2.50. The minimum atomic E-state index is -0.878. The summed E-state index contributed by atoms with van der Waals surface area (Å²) in [6, 6.07) is 26.0. The number of hydrogen-bond acceptors (Lipinski definition) is 3. The highest BCUT2D eigenvalue weighted by molar-refractivity contribution is 5.88. The van der Waals surface area contributed by atoms with Crippen molar-refractivity contribution < 1.29 is 19.7 Å². The van der Waals surface area contributed by atoms with Gasteiger partial charge in [-0.25, -0.2) is 4.79 Å². The predicted octanol–water partition coefficient (Wildman–Crippen LogP) is 5.81. The maximum atomic E-state index is 11.7. The summed E-state index contributed by atoms with van der Waals surface area (Å²) in [5.41, 5.74) is 3.08. The number of rotatable bonds is 6. The van der Waals surface area contributed by atoms with Crippen LogP contribution in [0.15, 0.2) is 78.9 Å². The minimum Gasteiger partial charge on any atom is -0.491 e. The van der Waals surface area contributed by atoms with Gasteiger partial charge in [0.25, 0.3) is 0 Å². The maximum Gasteiger partial charge on any atom is 0.335 e. The van der Waals surface area contributed by atoms with Gasteiger partial charge < -0.3 is 14.9 Å². The van der Waals surface area contributed by atoms with Crippen molar-refractivity contribution in [1.29, 1.82) is 0 Å². The summed E-state index contributed by atoms with van der Waals surface area (Å²) in [6.45, 7) is 0.291. The molecule has 176 valence electrons. The lowest BCUT2D eigenvalue weighted by Crippen LogP contribution is -2.51. The van der Waals surface area contributed by atoms with Gasteiger partial charge in [-0.1, -0.05) is 54.6 Å². The van der Waals surface area contributed by atoms with E-state index in [9.17, 15) is 15.0 Å². The SMILES string of the molecule is O=C(O)c1ccc2c(c1)CCC[C@@H]1C[C@](O)(COc3ccccc3)CC[C@]21Cc1ccccc1. The molecular formula is C30H32O4. The van der Waals surface area contributed by atoms with E-state index in [1.165, 1.54) is 11.1 Å². The zero-order valence-corrected chi connectivity index (χ0v) is 19.5. The minimum absolute atomic E-state index is 0.122. The molecular weight excluding hydrogens is 424 g/mol. The smallest absolute Gasteiger partial charge is 0.335 e. The summed E-state index contributed by atoms with van der Waals surface area (Å²) < 4.78 is 6.01. The van der Waals surface area contributed by atoms with Crippen molar-refractivity contribution in [3.05, 3.63) is 101 Å². The molecule has 0 aliphatic heterocycles. The van der Waals surface area contributed by atoms with Crippen LogP contribution in [-0.2, 0) is 18.3 Å². The van der Waals surface area contributed by atoms with Crippen LogP contribution in [0.2, 0.25) is 0 Å². The second kappa shape index (κ2) is 9.27. The van der Waals surface area contributed by atoms with E-state index in [0.29, 0.717) is 30.9 Å². The number of ether oxygens (including phenoxy) is 1.